The Morgan fingerprint density at radius 2 is 1.47 bits per heavy atom. The zero-order valence-corrected chi connectivity index (χ0v) is 9.96. The molecule has 17 heavy (non-hydrogen) atoms. The molecule has 0 aliphatic rings. The molecule has 0 aliphatic carbocycles. The van der Waals surface area contributed by atoms with Crippen LogP contribution in [0.2, 0.25) is 0 Å². The van der Waals surface area contributed by atoms with Crippen LogP contribution in [0.15, 0.2) is 49.1 Å². The molecule has 1 aromatic rings. The fourth-order valence-corrected chi connectivity index (χ4v) is 0.854. The zero-order valence-electron chi connectivity index (χ0n) is 9.96. The van der Waals surface area contributed by atoms with Crippen LogP contribution in [0.1, 0.15) is 13.8 Å². The maximum Gasteiger partial charge on any atom is 0.333 e. The molecule has 0 aliphatic heterocycles. The highest BCUT2D eigenvalue weighted by atomic mass is 16.7. The highest BCUT2D eigenvalue weighted by molar-refractivity contribution is 5.81. The molecule has 0 heterocycles. The summed E-state index contributed by atoms with van der Waals surface area (Å²) in [5.74, 6) is -1.10. The zero-order chi connectivity index (χ0) is 13.1. The van der Waals surface area contributed by atoms with Crippen molar-refractivity contribution < 1.29 is 19.1 Å². The van der Waals surface area contributed by atoms with Crippen LogP contribution in [-0.2, 0) is 19.1 Å². The average Bonchev–Trinajstić information content (AvgIpc) is 2.30. The van der Waals surface area contributed by atoms with Gasteiger partial charge >= 0.3 is 11.9 Å². The van der Waals surface area contributed by atoms with Gasteiger partial charge in [-0.3, -0.25) is 4.79 Å². The predicted octanol–water partition coefficient (Wildman–Crippen LogP) is 2.31. The molecule has 1 atom stereocenters. The van der Waals surface area contributed by atoms with Gasteiger partial charge in [0.2, 0.25) is 6.29 Å². The van der Waals surface area contributed by atoms with Crippen LogP contribution < -0.4 is 0 Å². The van der Waals surface area contributed by atoms with Crippen LogP contribution >= 0.6 is 0 Å². The summed E-state index contributed by atoms with van der Waals surface area (Å²) in [5.41, 5.74) is 0. The molecule has 1 rings (SSSR count). The van der Waals surface area contributed by atoms with Crippen molar-refractivity contribution in [3.05, 3.63) is 49.1 Å². The topological polar surface area (TPSA) is 52.6 Å². The Morgan fingerprint density at radius 1 is 1.06 bits per heavy atom. The summed E-state index contributed by atoms with van der Waals surface area (Å²) in [6.45, 7) is 5.86. The second kappa shape index (κ2) is 9.15. The van der Waals surface area contributed by atoms with E-state index in [0.717, 1.165) is 6.08 Å². The number of benzene rings is 1. The minimum atomic E-state index is -0.849. The van der Waals surface area contributed by atoms with E-state index in [9.17, 15) is 9.59 Å². The van der Waals surface area contributed by atoms with Crippen LogP contribution in [0.5, 0.6) is 0 Å². The van der Waals surface area contributed by atoms with Gasteiger partial charge < -0.3 is 9.47 Å². The lowest BCUT2D eigenvalue weighted by molar-refractivity contribution is -0.179. The van der Waals surface area contributed by atoms with Crippen LogP contribution in [0.4, 0.5) is 0 Å². The normalized spacial score (nSPS) is 10.2. The third-order valence-electron chi connectivity index (χ3n) is 1.45. The lowest BCUT2D eigenvalue weighted by atomic mass is 10.4. The number of carbonyl (C=O) groups is 2. The van der Waals surface area contributed by atoms with Crippen molar-refractivity contribution >= 4 is 11.9 Å². The van der Waals surface area contributed by atoms with Crippen molar-refractivity contribution in [1.29, 1.82) is 0 Å². The second-order valence-corrected chi connectivity index (χ2v) is 2.97. The third-order valence-corrected chi connectivity index (χ3v) is 1.45. The van der Waals surface area contributed by atoms with Crippen molar-refractivity contribution in [2.24, 2.45) is 0 Å². The maximum atomic E-state index is 10.5. The first-order valence-corrected chi connectivity index (χ1v) is 5.06. The van der Waals surface area contributed by atoms with E-state index < -0.39 is 18.2 Å². The quantitative estimate of drug-likeness (QED) is 0.459. The second-order valence-electron chi connectivity index (χ2n) is 2.97. The van der Waals surface area contributed by atoms with Crippen molar-refractivity contribution in [2.45, 2.75) is 20.1 Å². The molecule has 92 valence electrons. The van der Waals surface area contributed by atoms with Gasteiger partial charge in [-0.2, -0.15) is 0 Å². The molecule has 1 unspecified atom stereocenters. The molecule has 1 aromatic carbocycles. The van der Waals surface area contributed by atoms with Crippen LogP contribution in [0.3, 0.4) is 0 Å². The van der Waals surface area contributed by atoms with E-state index in [0.29, 0.717) is 0 Å². The Balaban J connectivity index is 0.000000354. The van der Waals surface area contributed by atoms with Gasteiger partial charge in [-0.25, -0.2) is 4.79 Å². The lowest BCUT2D eigenvalue weighted by Crippen LogP contribution is -2.18. The van der Waals surface area contributed by atoms with Gasteiger partial charge in [0.1, 0.15) is 0 Å². The summed E-state index contributed by atoms with van der Waals surface area (Å²) in [4.78, 5) is 20.8. The number of carbonyl (C=O) groups excluding carboxylic acids is 2. The maximum absolute atomic E-state index is 10.5. The van der Waals surface area contributed by atoms with E-state index in [-0.39, 0.29) is 0 Å². The fourth-order valence-electron chi connectivity index (χ4n) is 0.854. The molecule has 0 bridgehead atoms. The Morgan fingerprint density at radius 3 is 1.76 bits per heavy atom. The first-order chi connectivity index (χ1) is 8.06. The highest BCUT2D eigenvalue weighted by Crippen LogP contribution is 1.94. The monoisotopic (exact) mass is 236 g/mol. The first-order valence-electron chi connectivity index (χ1n) is 5.06. The van der Waals surface area contributed by atoms with Gasteiger partial charge in [-0.05, 0) is 0 Å². The molecule has 4 nitrogen and oxygen atoms in total. The number of esters is 2. The highest BCUT2D eigenvalue weighted by Gasteiger charge is 2.07. The summed E-state index contributed by atoms with van der Waals surface area (Å²) >= 11 is 0. The molecular formula is C13H16O4. The SMILES string of the molecule is C=CC(=O)OC(C)OC(C)=O.c1ccccc1. The summed E-state index contributed by atoms with van der Waals surface area (Å²) < 4.78 is 9.00. The summed E-state index contributed by atoms with van der Waals surface area (Å²) in [6.07, 6.45) is 0.151. The molecule has 0 radical (unpaired) electrons. The minimum absolute atomic E-state index is 0.491. The van der Waals surface area contributed by atoms with Crippen LogP contribution in [0, 0.1) is 0 Å². The molecule has 0 aromatic heterocycles. The van der Waals surface area contributed by atoms with Gasteiger partial charge in [-0.15, -0.1) is 0 Å². The Labute approximate surface area is 101 Å². The largest absolute Gasteiger partial charge is 0.426 e. The standard InChI is InChI=1S/C7H10O4.C6H6/c1-4-7(9)11-6(3)10-5(2)8;1-2-4-6-5-3-1/h4,6H,1H2,2-3H3;1-6H. The lowest BCUT2D eigenvalue weighted by Gasteiger charge is -2.10. The van der Waals surface area contributed by atoms with Crippen molar-refractivity contribution in [3.63, 3.8) is 0 Å². The van der Waals surface area contributed by atoms with Crippen molar-refractivity contribution in [1.82, 2.24) is 0 Å². The van der Waals surface area contributed by atoms with Gasteiger partial charge in [-0.1, -0.05) is 43.0 Å². The fraction of sp³-hybridized carbons (Fsp3) is 0.231. The summed E-state index contributed by atoms with van der Waals surface area (Å²) in [5, 5.41) is 0. The van der Waals surface area contributed by atoms with Crippen LogP contribution in [0.25, 0.3) is 0 Å². The predicted molar refractivity (Wildman–Crippen MR) is 64.0 cm³/mol. The summed E-state index contributed by atoms with van der Waals surface area (Å²) in [6, 6.07) is 12.0. The van der Waals surface area contributed by atoms with E-state index >= 15 is 0 Å². The van der Waals surface area contributed by atoms with E-state index in [4.69, 9.17) is 0 Å². The molecule has 0 saturated carbocycles. The number of rotatable bonds is 3. The van der Waals surface area contributed by atoms with E-state index in [1.165, 1.54) is 13.8 Å². The van der Waals surface area contributed by atoms with Gasteiger partial charge in [0.15, 0.2) is 0 Å². The average molecular weight is 236 g/mol. The molecule has 0 amide bonds. The summed E-state index contributed by atoms with van der Waals surface area (Å²) in [7, 11) is 0. The van der Waals surface area contributed by atoms with Crippen LogP contribution in [-0.4, -0.2) is 18.2 Å². The minimum Gasteiger partial charge on any atom is -0.426 e. The van der Waals surface area contributed by atoms with E-state index in [1.807, 2.05) is 36.4 Å². The number of hydrogen-bond acceptors (Lipinski definition) is 4. The number of ether oxygens (including phenoxy) is 2. The molecule has 0 saturated heterocycles. The van der Waals surface area contributed by atoms with Crippen molar-refractivity contribution in [2.75, 3.05) is 0 Å². The first kappa shape index (κ1) is 14.9. The van der Waals surface area contributed by atoms with Gasteiger partial charge in [0.05, 0.1) is 0 Å². The van der Waals surface area contributed by atoms with Crippen molar-refractivity contribution in [3.8, 4) is 0 Å². The Bertz CT molecular complexity index is 319. The number of hydrogen-bond donors (Lipinski definition) is 0. The van der Waals surface area contributed by atoms with E-state index in [2.05, 4.69) is 16.1 Å². The molecular weight excluding hydrogens is 220 g/mol. The Hall–Kier alpha value is -2.10. The smallest absolute Gasteiger partial charge is 0.333 e. The molecule has 4 heteroatoms. The van der Waals surface area contributed by atoms with Gasteiger partial charge in [0, 0.05) is 19.9 Å². The van der Waals surface area contributed by atoms with E-state index in [1.54, 1.807) is 0 Å². The molecule has 0 N–H and O–H groups in total. The Kier molecular flexibility index (Phi) is 8.02. The third kappa shape index (κ3) is 10.2. The van der Waals surface area contributed by atoms with Gasteiger partial charge in [0.25, 0.3) is 0 Å². The molecule has 0 fully saturated rings. The molecule has 0 spiro atoms.